The molecule has 3 unspecified atom stereocenters. The van der Waals surface area contributed by atoms with Crippen molar-refractivity contribution >= 4 is 15.9 Å². The van der Waals surface area contributed by atoms with E-state index in [-0.39, 0.29) is 29.9 Å². The highest BCUT2D eigenvalue weighted by Crippen LogP contribution is 2.27. The summed E-state index contributed by atoms with van der Waals surface area (Å²) in [4.78, 5) is 15.0. The van der Waals surface area contributed by atoms with Gasteiger partial charge in [0, 0.05) is 32.4 Å². The predicted octanol–water partition coefficient (Wildman–Crippen LogP) is 3.16. The molecular formula is C27H36N2O6S. The Labute approximate surface area is 214 Å². The normalized spacial score (nSPS) is 22.8. The predicted molar refractivity (Wildman–Crippen MR) is 138 cm³/mol. The Bertz CT molecular complexity index is 1180. The third-order valence-electron chi connectivity index (χ3n) is 7.00. The molecule has 196 valence electrons. The van der Waals surface area contributed by atoms with Crippen molar-refractivity contribution in [1.82, 2.24) is 9.21 Å². The van der Waals surface area contributed by atoms with Gasteiger partial charge in [-0.05, 0) is 56.0 Å². The Morgan fingerprint density at radius 3 is 2.58 bits per heavy atom. The van der Waals surface area contributed by atoms with Crippen molar-refractivity contribution in [2.24, 2.45) is 0 Å². The first kappa shape index (κ1) is 26.6. The van der Waals surface area contributed by atoms with Gasteiger partial charge in [-0.25, -0.2) is 8.42 Å². The number of carbonyl (C=O) groups is 1. The van der Waals surface area contributed by atoms with Crippen LogP contribution in [-0.2, 0) is 25.2 Å². The molecule has 2 aliphatic rings. The van der Waals surface area contributed by atoms with Gasteiger partial charge in [0.2, 0.25) is 10.0 Å². The first-order valence-corrected chi connectivity index (χ1v) is 14.0. The number of amides is 1. The van der Waals surface area contributed by atoms with E-state index in [1.54, 1.807) is 41.6 Å². The highest BCUT2D eigenvalue weighted by Gasteiger charge is 2.38. The van der Waals surface area contributed by atoms with Crippen LogP contribution >= 0.6 is 0 Å². The lowest BCUT2D eigenvalue weighted by atomic mass is 10.0. The minimum absolute atomic E-state index is 0.0413. The van der Waals surface area contributed by atoms with Crippen LogP contribution in [0, 0.1) is 13.8 Å². The summed E-state index contributed by atoms with van der Waals surface area (Å²) in [5.74, 6) is 0.422. The lowest BCUT2D eigenvalue weighted by Gasteiger charge is -2.24. The first-order valence-electron chi connectivity index (χ1n) is 12.3. The number of carbonyl (C=O) groups excluding carboxylic acids is 1. The van der Waals surface area contributed by atoms with Gasteiger partial charge in [-0.15, -0.1) is 0 Å². The maximum Gasteiger partial charge on any atom is 0.254 e. The van der Waals surface area contributed by atoms with Crippen molar-refractivity contribution in [3.63, 3.8) is 0 Å². The number of ether oxygens (including phenoxy) is 3. The summed E-state index contributed by atoms with van der Waals surface area (Å²) in [7, 11) is -0.274. The Morgan fingerprint density at radius 1 is 1.06 bits per heavy atom. The number of sulfonamides is 1. The molecule has 0 aliphatic carbocycles. The number of hydrogen-bond donors (Lipinski definition) is 0. The zero-order chi connectivity index (χ0) is 25.9. The van der Waals surface area contributed by atoms with Crippen LogP contribution in [0.1, 0.15) is 39.9 Å². The van der Waals surface area contributed by atoms with E-state index in [1.807, 2.05) is 38.1 Å². The van der Waals surface area contributed by atoms with E-state index in [4.69, 9.17) is 14.2 Å². The van der Waals surface area contributed by atoms with Crippen LogP contribution in [-0.4, -0.2) is 82.2 Å². The van der Waals surface area contributed by atoms with Crippen molar-refractivity contribution in [2.75, 3.05) is 40.5 Å². The van der Waals surface area contributed by atoms with Gasteiger partial charge in [-0.2, -0.15) is 4.31 Å². The number of methoxy groups -OCH3 is 2. The third kappa shape index (κ3) is 5.91. The van der Waals surface area contributed by atoms with Gasteiger partial charge >= 0.3 is 0 Å². The van der Waals surface area contributed by atoms with E-state index >= 15 is 0 Å². The van der Waals surface area contributed by atoms with Crippen molar-refractivity contribution in [2.45, 2.75) is 50.7 Å². The minimum atomic E-state index is -3.48. The summed E-state index contributed by atoms with van der Waals surface area (Å²) >= 11 is 0. The summed E-state index contributed by atoms with van der Waals surface area (Å²) < 4.78 is 44.9. The molecule has 0 spiro atoms. The fourth-order valence-corrected chi connectivity index (χ4v) is 6.89. The number of likely N-dealkylation sites (tertiary alicyclic amines) is 1. The molecule has 2 aromatic carbocycles. The average molecular weight is 517 g/mol. The summed E-state index contributed by atoms with van der Waals surface area (Å²) in [6, 6.07) is 12.9. The highest BCUT2D eigenvalue weighted by atomic mass is 32.2. The first-order chi connectivity index (χ1) is 17.2. The van der Waals surface area contributed by atoms with Gasteiger partial charge in [-0.3, -0.25) is 4.79 Å². The van der Waals surface area contributed by atoms with Crippen molar-refractivity contribution < 1.29 is 27.4 Å². The Balaban J connectivity index is 1.45. The second-order valence-corrected chi connectivity index (χ2v) is 11.6. The van der Waals surface area contributed by atoms with Gasteiger partial charge in [-0.1, -0.05) is 29.8 Å². The van der Waals surface area contributed by atoms with Gasteiger partial charge < -0.3 is 19.1 Å². The fraction of sp³-hybridized carbons (Fsp3) is 0.519. The standard InChI is InChI=1S/C27H36N2O6S/c1-19-10-11-20(2)24(13-19)27(30)28-15-25(34-4)26(16-28)35-23-9-5-7-21(14-23)18-36(31,32)29-12-6-8-22(29)17-33-3/h5,7,9-11,13-14,22,25-26H,6,8,12,15-18H2,1-4H3. The molecule has 2 aromatic rings. The molecule has 2 aliphatic heterocycles. The molecule has 8 nitrogen and oxygen atoms in total. The molecule has 2 fully saturated rings. The monoisotopic (exact) mass is 516 g/mol. The summed E-state index contributed by atoms with van der Waals surface area (Å²) in [5.41, 5.74) is 3.31. The molecule has 9 heteroatoms. The zero-order valence-corrected chi connectivity index (χ0v) is 22.3. The van der Waals surface area contributed by atoms with Crippen LogP contribution in [0.25, 0.3) is 0 Å². The molecule has 0 radical (unpaired) electrons. The van der Waals surface area contributed by atoms with Gasteiger partial charge in [0.1, 0.15) is 18.0 Å². The summed E-state index contributed by atoms with van der Waals surface area (Å²) in [6.07, 6.45) is 1.01. The molecule has 36 heavy (non-hydrogen) atoms. The molecule has 4 rings (SSSR count). The number of hydrogen-bond acceptors (Lipinski definition) is 6. The van der Waals surface area contributed by atoms with Gasteiger partial charge in [0.25, 0.3) is 5.91 Å². The topological polar surface area (TPSA) is 85.4 Å². The molecule has 1 amide bonds. The van der Waals surface area contributed by atoms with Crippen LogP contribution in [0.5, 0.6) is 5.75 Å². The summed E-state index contributed by atoms with van der Waals surface area (Å²) in [5, 5.41) is 0. The SMILES string of the molecule is COCC1CCCN1S(=O)(=O)Cc1cccc(OC2CN(C(=O)c3cc(C)ccc3C)CC2OC)c1. The Morgan fingerprint density at radius 2 is 1.83 bits per heavy atom. The third-order valence-corrected chi connectivity index (χ3v) is 8.90. The lowest BCUT2D eigenvalue weighted by molar-refractivity contribution is 0.0339. The largest absolute Gasteiger partial charge is 0.486 e. The van der Waals surface area contributed by atoms with E-state index in [0.29, 0.717) is 43.1 Å². The van der Waals surface area contributed by atoms with Crippen LogP contribution in [0.3, 0.4) is 0 Å². The lowest BCUT2D eigenvalue weighted by Crippen LogP contribution is -2.38. The molecule has 2 heterocycles. The molecule has 0 aromatic heterocycles. The molecular weight excluding hydrogens is 480 g/mol. The maximum absolute atomic E-state index is 13.2. The Kier molecular flexibility index (Phi) is 8.34. The van der Waals surface area contributed by atoms with Gasteiger partial charge in [0.15, 0.2) is 0 Å². The second-order valence-electron chi connectivity index (χ2n) is 9.72. The minimum Gasteiger partial charge on any atom is -0.486 e. The van der Waals surface area contributed by atoms with E-state index in [0.717, 1.165) is 24.0 Å². The van der Waals surface area contributed by atoms with Crippen molar-refractivity contribution in [1.29, 1.82) is 0 Å². The number of benzene rings is 2. The van der Waals surface area contributed by atoms with E-state index in [2.05, 4.69) is 0 Å². The van der Waals surface area contributed by atoms with E-state index in [1.165, 1.54) is 0 Å². The number of rotatable bonds is 9. The molecule has 0 N–H and O–H groups in total. The molecule has 3 atom stereocenters. The van der Waals surface area contributed by atoms with Crippen LogP contribution in [0.4, 0.5) is 0 Å². The maximum atomic E-state index is 13.2. The molecule has 2 saturated heterocycles. The molecule has 0 saturated carbocycles. The second kappa shape index (κ2) is 11.3. The quantitative estimate of drug-likeness (QED) is 0.509. The van der Waals surface area contributed by atoms with Crippen molar-refractivity contribution in [3.8, 4) is 5.75 Å². The zero-order valence-electron chi connectivity index (χ0n) is 21.5. The van der Waals surface area contributed by atoms with E-state index < -0.39 is 10.0 Å². The fourth-order valence-electron chi connectivity index (χ4n) is 5.10. The van der Waals surface area contributed by atoms with Gasteiger partial charge in [0.05, 0.1) is 25.4 Å². The Hall–Kier alpha value is -2.46. The number of aryl methyl sites for hydroxylation is 2. The molecule has 0 bridgehead atoms. The number of nitrogens with zero attached hydrogens (tertiary/aromatic N) is 2. The average Bonchev–Trinajstić information content (AvgIpc) is 3.48. The smallest absolute Gasteiger partial charge is 0.254 e. The van der Waals surface area contributed by atoms with Crippen LogP contribution in [0.2, 0.25) is 0 Å². The van der Waals surface area contributed by atoms with Crippen LogP contribution in [0.15, 0.2) is 42.5 Å². The van der Waals surface area contributed by atoms with E-state index in [9.17, 15) is 13.2 Å². The van der Waals surface area contributed by atoms with Crippen LogP contribution < -0.4 is 4.74 Å². The highest BCUT2D eigenvalue weighted by molar-refractivity contribution is 7.88. The van der Waals surface area contributed by atoms with Crippen molar-refractivity contribution in [3.05, 3.63) is 64.7 Å². The summed E-state index contributed by atoms with van der Waals surface area (Å²) in [6.45, 7) is 5.65.